The van der Waals surface area contributed by atoms with Crippen molar-refractivity contribution in [3.63, 3.8) is 0 Å². The van der Waals surface area contributed by atoms with Crippen molar-refractivity contribution < 1.29 is 14.7 Å². The van der Waals surface area contributed by atoms with E-state index >= 15 is 0 Å². The lowest BCUT2D eigenvalue weighted by atomic mass is 9.84. The standard InChI is InChI=1S/C17H29NO3/c1-12(14-7-8-14)17(21)18-15(9-10-16(19)20)11-13-5-3-2-4-6-13/h12-15H,2-11H2,1H3,(H,18,21)(H,19,20). The van der Waals surface area contributed by atoms with Crippen LogP contribution >= 0.6 is 0 Å². The molecule has 2 fully saturated rings. The van der Waals surface area contributed by atoms with E-state index in [0.717, 1.165) is 19.3 Å². The molecule has 0 radical (unpaired) electrons. The number of hydrogen-bond donors (Lipinski definition) is 2. The Kier molecular flexibility index (Phi) is 6.07. The van der Waals surface area contributed by atoms with E-state index in [1.807, 2.05) is 6.92 Å². The molecule has 2 rings (SSSR count). The van der Waals surface area contributed by atoms with Gasteiger partial charge in [-0.15, -0.1) is 0 Å². The van der Waals surface area contributed by atoms with Gasteiger partial charge in [0.1, 0.15) is 0 Å². The topological polar surface area (TPSA) is 66.4 Å². The van der Waals surface area contributed by atoms with Gasteiger partial charge >= 0.3 is 5.97 Å². The van der Waals surface area contributed by atoms with Gasteiger partial charge in [0.15, 0.2) is 0 Å². The quantitative estimate of drug-likeness (QED) is 0.721. The minimum Gasteiger partial charge on any atom is -0.481 e. The van der Waals surface area contributed by atoms with E-state index in [9.17, 15) is 9.59 Å². The van der Waals surface area contributed by atoms with Gasteiger partial charge in [-0.05, 0) is 37.5 Å². The summed E-state index contributed by atoms with van der Waals surface area (Å²) in [6.07, 6.45) is 10.3. The van der Waals surface area contributed by atoms with Gasteiger partial charge in [-0.3, -0.25) is 9.59 Å². The van der Waals surface area contributed by atoms with Gasteiger partial charge in [0.05, 0.1) is 0 Å². The van der Waals surface area contributed by atoms with Crippen LogP contribution in [0.2, 0.25) is 0 Å². The highest BCUT2D eigenvalue weighted by Gasteiger charge is 2.33. The summed E-state index contributed by atoms with van der Waals surface area (Å²) >= 11 is 0. The smallest absolute Gasteiger partial charge is 0.303 e. The zero-order valence-corrected chi connectivity index (χ0v) is 13.1. The lowest BCUT2D eigenvalue weighted by Crippen LogP contribution is -2.40. The molecule has 2 N–H and O–H groups in total. The minimum absolute atomic E-state index is 0.0397. The third-order valence-corrected chi connectivity index (χ3v) is 5.14. The van der Waals surface area contributed by atoms with Crippen molar-refractivity contribution in [1.29, 1.82) is 0 Å². The van der Waals surface area contributed by atoms with Crippen molar-refractivity contribution in [2.75, 3.05) is 0 Å². The summed E-state index contributed by atoms with van der Waals surface area (Å²) in [5.74, 6) is 0.661. The molecule has 2 unspecified atom stereocenters. The van der Waals surface area contributed by atoms with E-state index in [2.05, 4.69) is 5.32 Å². The second kappa shape index (κ2) is 7.81. The Bertz CT molecular complexity index is 359. The number of carbonyl (C=O) groups excluding carboxylic acids is 1. The number of carbonyl (C=O) groups is 2. The molecule has 0 aliphatic heterocycles. The summed E-state index contributed by atoms with van der Waals surface area (Å²) in [7, 11) is 0. The number of carboxylic acids is 1. The maximum absolute atomic E-state index is 12.3. The normalized spacial score (nSPS) is 22.5. The summed E-state index contributed by atoms with van der Waals surface area (Å²) in [4.78, 5) is 23.1. The van der Waals surface area contributed by atoms with Crippen LogP contribution in [0.1, 0.15) is 71.1 Å². The lowest BCUT2D eigenvalue weighted by molar-refractivity contribution is -0.137. The van der Waals surface area contributed by atoms with Crippen molar-refractivity contribution in [3.05, 3.63) is 0 Å². The molecule has 0 spiro atoms. The number of carboxylic acid groups (broad SMARTS) is 1. The summed E-state index contributed by atoms with van der Waals surface area (Å²) in [6.45, 7) is 2.00. The number of nitrogens with one attached hydrogen (secondary N) is 1. The van der Waals surface area contributed by atoms with Gasteiger partial charge in [-0.1, -0.05) is 39.0 Å². The van der Waals surface area contributed by atoms with Gasteiger partial charge in [0.2, 0.25) is 5.91 Å². The van der Waals surface area contributed by atoms with Crippen LogP contribution in [-0.4, -0.2) is 23.0 Å². The molecule has 2 aliphatic carbocycles. The number of amides is 1. The molecule has 21 heavy (non-hydrogen) atoms. The van der Waals surface area contributed by atoms with Gasteiger partial charge in [0, 0.05) is 18.4 Å². The van der Waals surface area contributed by atoms with E-state index in [-0.39, 0.29) is 24.3 Å². The molecule has 1 amide bonds. The fraction of sp³-hybridized carbons (Fsp3) is 0.882. The van der Waals surface area contributed by atoms with Crippen LogP contribution in [0.5, 0.6) is 0 Å². The highest BCUT2D eigenvalue weighted by molar-refractivity contribution is 5.79. The fourth-order valence-electron chi connectivity index (χ4n) is 3.51. The van der Waals surface area contributed by atoms with E-state index in [1.54, 1.807) is 0 Å². The van der Waals surface area contributed by atoms with Crippen LogP contribution in [0, 0.1) is 17.8 Å². The highest BCUT2D eigenvalue weighted by Crippen LogP contribution is 2.37. The molecule has 0 aromatic heterocycles. The maximum Gasteiger partial charge on any atom is 0.303 e. The number of aliphatic carboxylic acids is 1. The third kappa shape index (κ3) is 5.68. The molecule has 2 aliphatic rings. The molecular weight excluding hydrogens is 266 g/mol. The van der Waals surface area contributed by atoms with E-state index < -0.39 is 5.97 Å². The molecule has 4 heteroatoms. The van der Waals surface area contributed by atoms with Crippen LogP contribution in [-0.2, 0) is 9.59 Å². The second-order valence-corrected chi connectivity index (χ2v) is 7.00. The largest absolute Gasteiger partial charge is 0.481 e. The first-order chi connectivity index (χ1) is 10.1. The zero-order chi connectivity index (χ0) is 15.2. The Morgan fingerprint density at radius 3 is 2.38 bits per heavy atom. The first-order valence-corrected chi connectivity index (χ1v) is 8.58. The van der Waals surface area contributed by atoms with Crippen molar-refractivity contribution in [2.45, 2.75) is 77.2 Å². The Balaban J connectivity index is 1.83. The average molecular weight is 295 g/mol. The van der Waals surface area contributed by atoms with Crippen molar-refractivity contribution >= 4 is 11.9 Å². The van der Waals surface area contributed by atoms with Crippen LogP contribution in [0.3, 0.4) is 0 Å². The fourth-order valence-corrected chi connectivity index (χ4v) is 3.51. The zero-order valence-electron chi connectivity index (χ0n) is 13.1. The van der Waals surface area contributed by atoms with Crippen molar-refractivity contribution in [2.24, 2.45) is 17.8 Å². The molecule has 0 saturated heterocycles. The molecule has 0 aromatic carbocycles. The van der Waals surface area contributed by atoms with Gasteiger partial charge < -0.3 is 10.4 Å². The molecule has 120 valence electrons. The van der Waals surface area contributed by atoms with E-state index in [4.69, 9.17) is 5.11 Å². The lowest BCUT2D eigenvalue weighted by Gasteiger charge is -2.28. The summed E-state index contributed by atoms with van der Waals surface area (Å²) in [5.41, 5.74) is 0. The Hall–Kier alpha value is -1.06. The van der Waals surface area contributed by atoms with Crippen molar-refractivity contribution in [3.8, 4) is 0 Å². The molecule has 2 atom stereocenters. The monoisotopic (exact) mass is 295 g/mol. The SMILES string of the molecule is CC(C(=O)NC(CCC(=O)O)CC1CCCCC1)C1CC1. The molecule has 0 heterocycles. The Labute approximate surface area is 127 Å². The molecule has 2 saturated carbocycles. The highest BCUT2D eigenvalue weighted by atomic mass is 16.4. The maximum atomic E-state index is 12.3. The molecule has 0 bridgehead atoms. The average Bonchev–Trinajstić information content (AvgIpc) is 3.29. The molecule has 4 nitrogen and oxygen atoms in total. The first kappa shape index (κ1) is 16.3. The summed E-state index contributed by atoms with van der Waals surface area (Å²) in [5, 5.41) is 12.0. The minimum atomic E-state index is -0.770. The van der Waals surface area contributed by atoms with Crippen LogP contribution in [0.4, 0.5) is 0 Å². The Morgan fingerprint density at radius 2 is 1.81 bits per heavy atom. The van der Waals surface area contributed by atoms with E-state index in [0.29, 0.717) is 18.3 Å². The third-order valence-electron chi connectivity index (χ3n) is 5.14. The predicted molar refractivity (Wildman–Crippen MR) is 81.9 cm³/mol. The van der Waals surface area contributed by atoms with E-state index in [1.165, 1.54) is 32.1 Å². The second-order valence-electron chi connectivity index (χ2n) is 7.00. The predicted octanol–water partition coefficient (Wildman–Crippen LogP) is 3.35. The molecule has 0 aromatic rings. The van der Waals surface area contributed by atoms with Crippen LogP contribution in [0.15, 0.2) is 0 Å². The number of rotatable bonds is 8. The first-order valence-electron chi connectivity index (χ1n) is 8.58. The molecular formula is C17H29NO3. The van der Waals surface area contributed by atoms with Gasteiger partial charge in [-0.2, -0.15) is 0 Å². The summed E-state index contributed by atoms with van der Waals surface area (Å²) in [6, 6.07) is 0.0397. The Morgan fingerprint density at radius 1 is 1.14 bits per heavy atom. The van der Waals surface area contributed by atoms with Crippen LogP contribution < -0.4 is 5.32 Å². The number of hydrogen-bond acceptors (Lipinski definition) is 2. The van der Waals surface area contributed by atoms with Crippen molar-refractivity contribution in [1.82, 2.24) is 5.32 Å². The van der Waals surface area contributed by atoms with Crippen LogP contribution in [0.25, 0.3) is 0 Å². The summed E-state index contributed by atoms with van der Waals surface area (Å²) < 4.78 is 0. The van der Waals surface area contributed by atoms with Gasteiger partial charge in [0.25, 0.3) is 0 Å². The van der Waals surface area contributed by atoms with Gasteiger partial charge in [-0.25, -0.2) is 0 Å².